The first-order valence-electron chi connectivity index (χ1n) is 8.59. The molecule has 0 spiro atoms. The third kappa shape index (κ3) is 10.2. The van der Waals surface area contributed by atoms with E-state index in [2.05, 4.69) is 9.68 Å². The molecule has 0 bridgehead atoms. The van der Waals surface area contributed by atoms with E-state index in [1.165, 1.54) is 0 Å². The number of aliphatic carboxylic acids is 1. The first kappa shape index (κ1) is 26.0. The van der Waals surface area contributed by atoms with Gasteiger partial charge in [-0.25, -0.2) is 4.79 Å². The van der Waals surface area contributed by atoms with E-state index in [0.29, 0.717) is 6.42 Å². The molecule has 0 aromatic rings. The normalized spacial score (nSPS) is 14.6. The van der Waals surface area contributed by atoms with Crippen LogP contribution in [0.2, 0.25) is 0 Å². The second-order valence-corrected chi connectivity index (χ2v) is 6.93. The highest BCUT2D eigenvalue weighted by Crippen LogP contribution is 2.13. The average molecular weight is 435 g/mol. The number of carbonyl (C=O) groups is 5. The molecule has 0 aliphatic rings. The van der Waals surface area contributed by atoms with Gasteiger partial charge >= 0.3 is 16.5 Å². The average Bonchev–Trinajstić information content (AvgIpc) is 2.60. The summed E-state index contributed by atoms with van der Waals surface area (Å²) in [6.07, 6.45) is -0.914. The molecular formula is C15H25N5O8S. The summed E-state index contributed by atoms with van der Waals surface area (Å²) in [6.45, 7) is 3.28. The van der Waals surface area contributed by atoms with E-state index in [9.17, 15) is 32.4 Å². The van der Waals surface area contributed by atoms with Crippen LogP contribution in [0.15, 0.2) is 4.36 Å². The molecule has 0 radical (unpaired) electrons. The summed E-state index contributed by atoms with van der Waals surface area (Å²) >= 11 is 0. The van der Waals surface area contributed by atoms with Crippen molar-refractivity contribution >= 4 is 40.1 Å². The predicted octanol–water partition coefficient (Wildman–Crippen LogP) is -2.34. The molecule has 0 heterocycles. The highest BCUT2D eigenvalue weighted by Gasteiger charge is 2.31. The molecule has 0 aromatic carbocycles. The lowest BCUT2D eigenvalue weighted by atomic mass is 9.98. The maximum atomic E-state index is 12.5. The van der Waals surface area contributed by atoms with Gasteiger partial charge in [0.05, 0.1) is 6.42 Å². The topological polar surface area (TPSA) is 228 Å². The van der Waals surface area contributed by atoms with Gasteiger partial charge in [-0.1, -0.05) is 20.3 Å². The van der Waals surface area contributed by atoms with Gasteiger partial charge in [-0.15, -0.1) is 0 Å². The van der Waals surface area contributed by atoms with Crippen LogP contribution in [0, 0.1) is 5.92 Å². The summed E-state index contributed by atoms with van der Waals surface area (Å²) in [5.74, 6) is -5.72. The van der Waals surface area contributed by atoms with Crippen molar-refractivity contribution in [1.82, 2.24) is 10.6 Å². The van der Waals surface area contributed by atoms with E-state index in [1.54, 1.807) is 13.8 Å². The van der Waals surface area contributed by atoms with Gasteiger partial charge in [0.15, 0.2) is 0 Å². The summed E-state index contributed by atoms with van der Waals surface area (Å²) < 4.78 is 25.1. The molecule has 0 saturated carbocycles. The van der Waals surface area contributed by atoms with Crippen molar-refractivity contribution in [1.29, 1.82) is 0 Å². The molecule has 0 fully saturated rings. The first-order valence-corrected chi connectivity index (χ1v) is 9.62. The minimum Gasteiger partial charge on any atom is -0.480 e. The van der Waals surface area contributed by atoms with Gasteiger partial charge < -0.3 is 27.2 Å². The van der Waals surface area contributed by atoms with Gasteiger partial charge in [0.2, 0.25) is 23.6 Å². The fraction of sp³-hybridized carbons (Fsp3) is 0.667. The minimum atomic E-state index is -2.89. The van der Waals surface area contributed by atoms with E-state index >= 15 is 0 Å². The standard InChI is InChI=1S/C15H25N5O8S/c1-3-7(2)12(20-29(27)28)14(24)18-8(4-5-10(16)21)13(23)19-9(15(25)26)6-11(17)22/h7-9,12H,3-6H2,1-2H3,(H2,16,21)(H2,17,22)(H,18,24)(H,19,23)(H,25,26)/t7-,8-,9-,12-/m0/s1. The molecule has 0 saturated heterocycles. The Kier molecular flexibility index (Phi) is 11.1. The van der Waals surface area contributed by atoms with Crippen LogP contribution >= 0.6 is 0 Å². The molecule has 0 unspecified atom stereocenters. The Morgan fingerprint density at radius 2 is 1.55 bits per heavy atom. The lowest BCUT2D eigenvalue weighted by Crippen LogP contribution is -2.54. The number of nitrogens with zero attached hydrogens (tertiary/aromatic N) is 1. The lowest BCUT2D eigenvalue weighted by Gasteiger charge is -2.23. The highest BCUT2D eigenvalue weighted by atomic mass is 32.2. The van der Waals surface area contributed by atoms with Gasteiger partial charge in [-0.2, -0.15) is 12.8 Å². The van der Waals surface area contributed by atoms with E-state index in [4.69, 9.17) is 16.6 Å². The maximum absolute atomic E-state index is 12.5. The lowest BCUT2D eigenvalue weighted by molar-refractivity contribution is -0.143. The third-order valence-electron chi connectivity index (χ3n) is 3.98. The van der Waals surface area contributed by atoms with Crippen LogP contribution < -0.4 is 22.1 Å². The summed E-state index contributed by atoms with van der Waals surface area (Å²) in [5.41, 5.74) is 9.99. The van der Waals surface area contributed by atoms with E-state index in [-0.39, 0.29) is 12.8 Å². The molecule has 0 aliphatic carbocycles. The first-order chi connectivity index (χ1) is 13.4. The zero-order valence-corrected chi connectivity index (χ0v) is 16.8. The van der Waals surface area contributed by atoms with Crippen molar-refractivity contribution in [3.8, 4) is 0 Å². The van der Waals surface area contributed by atoms with Crippen molar-refractivity contribution in [3.63, 3.8) is 0 Å². The van der Waals surface area contributed by atoms with Crippen LogP contribution in [-0.4, -0.2) is 61.2 Å². The zero-order chi connectivity index (χ0) is 22.7. The molecular weight excluding hydrogens is 410 g/mol. The smallest absolute Gasteiger partial charge is 0.326 e. The highest BCUT2D eigenvalue weighted by molar-refractivity contribution is 7.61. The molecule has 29 heavy (non-hydrogen) atoms. The van der Waals surface area contributed by atoms with Gasteiger partial charge in [0.25, 0.3) is 0 Å². The largest absolute Gasteiger partial charge is 0.480 e. The molecule has 0 rings (SSSR count). The second kappa shape index (κ2) is 12.4. The summed E-state index contributed by atoms with van der Waals surface area (Å²) in [4.78, 5) is 58.1. The SMILES string of the molecule is CC[C@H](C)[C@H](N=S(=O)=O)C(=O)N[C@@H](CCC(N)=O)C(=O)N[C@@H](CC(N)=O)C(=O)O. The number of hydrogen-bond donors (Lipinski definition) is 5. The monoisotopic (exact) mass is 435 g/mol. The predicted molar refractivity (Wildman–Crippen MR) is 98.3 cm³/mol. The Labute approximate surface area is 168 Å². The molecule has 13 nitrogen and oxygen atoms in total. The minimum absolute atomic E-state index is 0.288. The van der Waals surface area contributed by atoms with Crippen LogP contribution in [0.25, 0.3) is 0 Å². The van der Waals surface area contributed by atoms with Crippen molar-refractivity contribution in [2.45, 2.75) is 57.7 Å². The fourth-order valence-electron chi connectivity index (χ4n) is 2.21. The Morgan fingerprint density at radius 3 is 1.97 bits per heavy atom. The molecule has 7 N–H and O–H groups in total. The maximum Gasteiger partial charge on any atom is 0.326 e. The van der Waals surface area contributed by atoms with Crippen LogP contribution in [0.3, 0.4) is 0 Å². The van der Waals surface area contributed by atoms with Crippen LogP contribution in [0.5, 0.6) is 0 Å². The molecule has 164 valence electrons. The molecule has 0 aromatic heterocycles. The molecule has 4 atom stereocenters. The number of primary amides is 2. The van der Waals surface area contributed by atoms with Crippen LogP contribution in [-0.2, 0) is 34.5 Å². The number of nitrogens with one attached hydrogen (secondary N) is 2. The van der Waals surface area contributed by atoms with Crippen molar-refractivity contribution < 1.29 is 37.5 Å². The van der Waals surface area contributed by atoms with Crippen molar-refractivity contribution in [2.24, 2.45) is 21.7 Å². The van der Waals surface area contributed by atoms with Gasteiger partial charge in [-0.05, 0) is 12.3 Å². The van der Waals surface area contributed by atoms with E-state index in [0.717, 1.165) is 0 Å². The van der Waals surface area contributed by atoms with Crippen LogP contribution in [0.1, 0.15) is 39.5 Å². The number of carboxylic acid groups (broad SMARTS) is 1. The van der Waals surface area contributed by atoms with Gasteiger partial charge in [-0.3, -0.25) is 19.2 Å². The zero-order valence-electron chi connectivity index (χ0n) is 16.0. The Morgan fingerprint density at radius 1 is 1.00 bits per heavy atom. The Bertz CT molecular complexity index is 774. The number of rotatable bonds is 13. The summed E-state index contributed by atoms with van der Waals surface area (Å²) in [7, 11) is -2.89. The van der Waals surface area contributed by atoms with E-state index < -0.39 is 70.6 Å². The van der Waals surface area contributed by atoms with Crippen LogP contribution in [0.4, 0.5) is 0 Å². The van der Waals surface area contributed by atoms with E-state index in [1.807, 2.05) is 5.32 Å². The third-order valence-corrected chi connectivity index (χ3v) is 4.38. The Hall–Kier alpha value is -3.03. The number of carbonyl (C=O) groups excluding carboxylic acids is 4. The van der Waals surface area contributed by atoms with Crippen molar-refractivity contribution in [3.05, 3.63) is 0 Å². The number of carboxylic acids is 1. The fourth-order valence-corrected chi connectivity index (χ4v) is 2.70. The summed E-state index contributed by atoms with van der Waals surface area (Å²) in [6, 6.07) is -4.41. The number of hydrogen-bond acceptors (Lipinski definition) is 8. The molecule has 14 heteroatoms. The quantitative estimate of drug-likeness (QED) is 0.210. The van der Waals surface area contributed by atoms with Gasteiger partial charge in [0.1, 0.15) is 18.1 Å². The summed E-state index contributed by atoms with van der Waals surface area (Å²) in [5, 5.41) is 13.4. The second-order valence-electron chi connectivity index (χ2n) is 6.29. The Balaban J connectivity index is 5.58. The number of amides is 4. The molecule has 0 aliphatic heterocycles. The van der Waals surface area contributed by atoms with Gasteiger partial charge in [0, 0.05) is 6.42 Å². The van der Waals surface area contributed by atoms with Crippen molar-refractivity contribution in [2.75, 3.05) is 0 Å². The number of nitrogens with two attached hydrogens (primary N) is 2. The molecule has 4 amide bonds.